The maximum atomic E-state index is 11.0. The second-order valence-electron chi connectivity index (χ2n) is 2.31. The minimum Gasteiger partial charge on any atom is -0.506 e. The van der Waals surface area contributed by atoms with Crippen LogP contribution in [0.1, 0.15) is 17.3 Å². The van der Waals surface area contributed by atoms with Crippen LogP contribution in [-0.2, 0) is 0 Å². The molecule has 0 aliphatic carbocycles. The third-order valence-electron chi connectivity index (χ3n) is 1.43. The van der Waals surface area contributed by atoms with E-state index in [4.69, 9.17) is 0 Å². The zero-order valence-electron chi connectivity index (χ0n) is 6.27. The molecule has 0 saturated carbocycles. The van der Waals surface area contributed by atoms with Crippen molar-refractivity contribution in [2.75, 3.05) is 0 Å². The number of phenolic OH excluding ortho intramolecular Hbond substituents is 1. The number of phenols is 1. The van der Waals surface area contributed by atoms with E-state index in [1.807, 2.05) is 22.6 Å². The molecule has 2 nitrogen and oxygen atoms in total. The minimum absolute atomic E-state index is 0.0532. The molecule has 0 amide bonds. The van der Waals surface area contributed by atoms with Gasteiger partial charge in [0.25, 0.3) is 0 Å². The molecule has 0 aromatic heterocycles. The highest BCUT2D eigenvalue weighted by atomic mass is 127. The molecule has 12 heavy (non-hydrogen) atoms. The van der Waals surface area contributed by atoms with E-state index in [9.17, 15) is 9.90 Å². The van der Waals surface area contributed by atoms with Crippen molar-refractivity contribution < 1.29 is 9.90 Å². The van der Waals surface area contributed by atoms with Crippen molar-refractivity contribution >= 4 is 44.3 Å². The van der Waals surface area contributed by atoms with E-state index in [-0.39, 0.29) is 11.5 Å². The van der Waals surface area contributed by atoms with Crippen molar-refractivity contribution in [3.63, 3.8) is 0 Å². The lowest BCUT2D eigenvalue weighted by Crippen LogP contribution is -1.95. The SMILES string of the molecule is CC(=O)c1c(Br)ccc(I)c1O. The highest BCUT2D eigenvalue weighted by Crippen LogP contribution is 2.30. The molecule has 4 heteroatoms. The van der Waals surface area contributed by atoms with Gasteiger partial charge in [0.05, 0.1) is 9.13 Å². The van der Waals surface area contributed by atoms with E-state index >= 15 is 0 Å². The van der Waals surface area contributed by atoms with Gasteiger partial charge in [0, 0.05) is 4.47 Å². The normalized spacial score (nSPS) is 9.92. The fraction of sp³-hybridized carbons (Fsp3) is 0.125. The van der Waals surface area contributed by atoms with Crippen molar-refractivity contribution in [2.45, 2.75) is 6.92 Å². The smallest absolute Gasteiger partial charge is 0.164 e. The van der Waals surface area contributed by atoms with Gasteiger partial charge in [0.15, 0.2) is 5.78 Å². The Balaban J connectivity index is 3.43. The second kappa shape index (κ2) is 3.74. The first-order valence-electron chi connectivity index (χ1n) is 3.22. The summed E-state index contributed by atoms with van der Waals surface area (Å²) in [6.07, 6.45) is 0. The average Bonchev–Trinajstić information content (AvgIpc) is 1.97. The van der Waals surface area contributed by atoms with Crippen molar-refractivity contribution in [3.8, 4) is 5.75 Å². The number of halogens is 2. The molecule has 0 radical (unpaired) electrons. The summed E-state index contributed by atoms with van der Waals surface area (Å²) >= 11 is 5.17. The Hall–Kier alpha value is -0.100. The van der Waals surface area contributed by atoms with Crippen LogP contribution in [0.15, 0.2) is 16.6 Å². The standard InChI is InChI=1S/C8H6BrIO2/c1-4(11)7-5(9)2-3-6(10)8(7)12/h2-3,12H,1H3. The number of hydrogen-bond donors (Lipinski definition) is 1. The van der Waals surface area contributed by atoms with Crippen LogP contribution in [0.2, 0.25) is 0 Å². The molecule has 0 heterocycles. The van der Waals surface area contributed by atoms with Crippen LogP contribution in [0.5, 0.6) is 5.75 Å². The van der Waals surface area contributed by atoms with Gasteiger partial charge in [-0.3, -0.25) is 4.79 Å². The molecule has 0 saturated heterocycles. The van der Waals surface area contributed by atoms with Crippen LogP contribution in [-0.4, -0.2) is 10.9 Å². The first-order chi connectivity index (χ1) is 5.54. The van der Waals surface area contributed by atoms with Crippen LogP contribution >= 0.6 is 38.5 Å². The Morgan fingerprint density at radius 2 is 2.17 bits per heavy atom. The Labute approximate surface area is 92.2 Å². The predicted molar refractivity (Wildman–Crippen MR) is 58.5 cm³/mol. The maximum Gasteiger partial charge on any atom is 0.164 e. The summed E-state index contributed by atoms with van der Waals surface area (Å²) in [6, 6.07) is 3.49. The molecule has 64 valence electrons. The molecule has 0 aliphatic rings. The lowest BCUT2D eigenvalue weighted by molar-refractivity contribution is 0.101. The topological polar surface area (TPSA) is 37.3 Å². The van der Waals surface area contributed by atoms with Crippen molar-refractivity contribution in [3.05, 3.63) is 25.7 Å². The lowest BCUT2D eigenvalue weighted by Gasteiger charge is -2.04. The van der Waals surface area contributed by atoms with Gasteiger partial charge < -0.3 is 5.11 Å². The summed E-state index contributed by atoms with van der Waals surface area (Å²) in [7, 11) is 0. The van der Waals surface area contributed by atoms with E-state index in [0.717, 1.165) is 0 Å². The van der Waals surface area contributed by atoms with E-state index in [1.54, 1.807) is 12.1 Å². The third-order valence-corrected chi connectivity index (χ3v) is 2.96. The predicted octanol–water partition coefficient (Wildman–Crippen LogP) is 2.96. The molecular formula is C8H6BrIO2. The van der Waals surface area contributed by atoms with Gasteiger partial charge >= 0.3 is 0 Å². The summed E-state index contributed by atoms with van der Waals surface area (Å²) in [6.45, 7) is 1.43. The summed E-state index contributed by atoms with van der Waals surface area (Å²) < 4.78 is 1.31. The fourth-order valence-corrected chi connectivity index (χ4v) is 1.92. The van der Waals surface area contributed by atoms with E-state index in [2.05, 4.69) is 15.9 Å². The number of carbonyl (C=O) groups is 1. The molecular weight excluding hydrogens is 335 g/mol. The number of carbonyl (C=O) groups excluding carboxylic acids is 1. The van der Waals surface area contributed by atoms with Gasteiger partial charge in [0.2, 0.25) is 0 Å². The molecule has 1 rings (SSSR count). The molecule has 1 N–H and O–H groups in total. The monoisotopic (exact) mass is 340 g/mol. The van der Waals surface area contributed by atoms with Gasteiger partial charge in [0.1, 0.15) is 5.75 Å². The van der Waals surface area contributed by atoms with Gasteiger partial charge in [-0.2, -0.15) is 0 Å². The highest BCUT2D eigenvalue weighted by Gasteiger charge is 2.12. The van der Waals surface area contributed by atoms with Crippen LogP contribution in [0.25, 0.3) is 0 Å². The van der Waals surface area contributed by atoms with E-state index in [0.29, 0.717) is 13.6 Å². The van der Waals surface area contributed by atoms with Gasteiger partial charge in [-0.05, 0) is 57.6 Å². The zero-order valence-corrected chi connectivity index (χ0v) is 10.0. The number of ketones is 1. The Morgan fingerprint density at radius 1 is 1.58 bits per heavy atom. The van der Waals surface area contributed by atoms with Gasteiger partial charge in [-0.15, -0.1) is 0 Å². The first kappa shape index (κ1) is 9.98. The Kier molecular flexibility index (Phi) is 3.11. The van der Waals surface area contributed by atoms with E-state index < -0.39 is 0 Å². The van der Waals surface area contributed by atoms with Crippen molar-refractivity contribution in [2.24, 2.45) is 0 Å². The molecule has 0 aliphatic heterocycles. The molecule has 1 aromatic carbocycles. The largest absolute Gasteiger partial charge is 0.506 e. The number of rotatable bonds is 1. The average molecular weight is 341 g/mol. The number of benzene rings is 1. The summed E-state index contributed by atoms with van der Waals surface area (Å²) in [4.78, 5) is 11.0. The summed E-state index contributed by atoms with van der Waals surface area (Å²) in [5.74, 6) is -0.0876. The number of Topliss-reactive ketones (excluding diaryl/α,β-unsaturated/α-hetero) is 1. The fourth-order valence-electron chi connectivity index (χ4n) is 0.876. The van der Waals surface area contributed by atoms with Crippen molar-refractivity contribution in [1.29, 1.82) is 0 Å². The maximum absolute atomic E-state index is 11.0. The lowest BCUT2D eigenvalue weighted by atomic mass is 10.1. The Bertz CT molecular complexity index is 336. The Morgan fingerprint density at radius 3 is 2.58 bits per heavy atom. The molecule has 0 bridgehead atoms. The van der Waals surface area contributed by atoms with Crippen LogP contribution in [0.3, 0.4) is 0 Å². The molecule has 0 fully saturated rings. The molecule has 1 aromatic rings. The zero-order chi connectivity index (χ0) is 9.30. The molecule has 0 spiro atoms. The second-order valence-corrected chi connectivity index (χ2v) is 4.33. The minimum atomic E-state index is -0.141. The number of aromatic hydroxyl groups is 1. The van der Waals surface area contributed by atoms with E-state index in [1.165, 1.54) is 6.92 Å². The summed E-state index contributed by atoms with van der Waals surface area (Å²) in [5.41, 5.74) is 0.349. The number of hydrogen-bond acceptors (Lipinski definition) is 2. The van der Waals surface area contributed by atoms with Crippen LogP contribution < -0.4 is 0 Å². The van der Waals surface area contributed by atoms with Crippen LogP contribution in [0, 0.1) is 3.57 Å². The van der Waals surface area contributed by atoms with Gasteiger partial charge in [-0.1, -0.05) is 0 Å². The molecule has 0 atom stereocenters. The summed E-state index contributed by atoms with van der Waals surface area (Å²) in [5, 5.41) is 9.49. The highest BCUT2D eigenvalue weighted by molar-refractivity contribution is 14.1. The van der Waals surface area contributed by atoms with Crippen LogP contribution in [0.4, 0.5) is 0 Å². The van der Waals surface area contributed by atoms with Crippen molar-refractivity contribution in [1.82, 2.24) is 0 Å². The first-order valence-corrected chi connectivity index (χ1v) is 5.09. The quantitative estimate of drug-likeness (QED) is 0.630. The third kappa shape index (κ3) is 1.80. The van der Waals surface area contributed by atoms with Gasteiger partial charge in [-0.25, -0.2) is 0 Å². The molecule has 0 unspecified atom stereocenters.